The van der Waals surface area contributed by atoms with E-state index in [0.29, 0.717) is 6.42 Å². The Morgan fingerprint density at radius 2 is 2.33 bits per heavy atom. The molecule has 0 amide bonds. The second-order valence-corrected chi connectivity index (χ2v) is 2.93. The number of carbonyl (C=O) groups excluding carboxylic acids is 1. The number of benzene rings is 1. The highest BCUT2D eigenvalue weighted by Crippen LogP contribution is 2.15. The molecule has 0 radical (unpaired) electrons. The first-order valence-electron chi connectivity index (χ1n) is 4.51. The highest BCUT2D eigenvalue weighted by molar-refractivity contribution is 5.79. The molecule has 0 fully saturated rings. The van der Waals surface area contributed by atoms with Crippen LogP contribution >= 0.6 is 0 Å². The lowest BCUT2D eigenvalue weighted by Gasteiger charge is -2.04. The molecule has 0 atom stereocenters. The van der Waals surface area contributed by atoms with Crippen LogP contribution in [0.2, 0.25) is 0 Å². The van der Waals surface area contributed by atoms with Crippen molar-refractivity contribution in [1.82, 2.24) is 0 Å². The fourth-order valence-corrected chi connectivity index (χ4v) is 0.942. The monoisotopic (exact) mass is 207 g/mol. The van der Waals surface area contributed by atoms with Crippen LogP contribution in [-0.4, -0.2) is 12.4 Å². The second-order valence-electron chi connectivity index (χ2n) is 2.93. The van der Waals surface area contributed by atoms with Crippen molar-refractivity contribution >= 4 is 5.78 Å². The van der Waals surface area contributed by atoms with Gasteiger partial charge in [0.25, 0.3) is 0 Å². The molecule has 0 aromatic heterocycles. The van der Waals surface area contributed by atoms with Crippen molar-refractivity contribution in [2.24, 2.45) is 0 Å². The van der Waals surface area contributed by atoms with Gasteiger partial charge in [-0.05, 0) is 12.1 Å². The third-order valence-electron chi connectivity index (χ3n) is 1.86. The van der Waals surface area contributed by atoms with Gasteiger partial charge in [-0.15, -0.1) is 0 Å². The van der Waals surface area contributed by atoms with Gasteiger partial charge >= 0.3 is 0 Å². The Morgan fingerprint density at radius 1 is 1.60 bits per heavy atom. The van der Waals surface area contributed by atoms with Crippen molar-refractivity contribution in [3.8, 4) is 11.8 Å². The Morgan fingerprint density at radius 3 is 2.87 bits per heavy atom. The smallest absolute Gasteiger partial charge is 0.169 e. The van der Waals surface area contributed by atoms with Gasteiger partial charge in [0.05, 0.1) is 5.56 Å². The van der Waals surface area contributed by atoms with E-state index in [0.717, 1.165) is 6.07 Å². The largest absolute Gasteiger partial charge is 0.486 e. The van der Waals surface area contributed by atoms with Crippen molar-refractivity contribution in [3.63, 3.8) is 0 Å². The summed E-state index contributed by atoms with van der Waals surface area (Å²) in [5, 5.41) is 8.48. The van der Waals surface area contributed by atoms with E-state index in [1.165, 1.54) is 12.1 Å². The number of hydrogen-bond acceptors (Lipinski definition) is 3. The molecule has 15 heavy (non-hydrogen) atoms. The molecule has 0 aliphatic rings. The maximum atomic E-state index is 13.1. The molecule has 0 saturated heterocycles. The number of ketones is 1. The van der Waals surface area contributed by atoms with Crippen molar-refractivity contribution in [1.29, 1.82) is 5.26 Å². The first-order valence-corrected chi connectivity index (χ1v) is 4.51. The van der Waals surface area contributed by atoms with Crippen LogP contribution in [0.1, 0.15) is 18.9 Å². The van der Waals surface area contributed by atoms with Gasteiger partial charge in [0.1, 0.15) is 24.2 Å². The molecular weight excluding hydrogens is 197 g/mol. The number of nitriles is 1. The first-order chi connectivity index (χ1) is 7.17. The maximum Gasteiger partial charge on any atom is 0.169 e. The second kappa shape index (κ2) is 5.11. The zero-order valence-electron chi connectivity index (χ0n) is 8.29. The third-order valence-corrected chi connectivity index (χ3v) is 1.86. The molecule has 0 unspecified atom stereocenters. The summed E-state index contributed by atoms with van der Waals surface area (Å²) < 4.78 is 18.1. The number of halogens is 1. The lowest BCUT2D eigenvalue weighted by Crippen LogP contribution is -2.09. The molecule has 1 aromatic carbocycles. The summed E-state index contributed by atoms with van der Waals surface area (Å²) in [6.45, 7) is 1.66. The van der Waals surface area contributed by atoms with Gasteiger partial charge in [-0.2, -0.15) is 5.26 Å². The van der Waals surface area contributed by atoms with Gasteiger partial charge in [-0.1, -0.05) is 6.92 Å². The summed E-state index contributed by atoms with van der Waals surface area (Å²) in [5.74, 6) is -0.438. The van der Waals surface area contributed by atoms with Crippen LogP contribution in [0.15, 0.2) is 18.2 Å². The molecule has 0 aliphatic carbocycles. The van der Waals surface area contributed by atoms with Crippen LogP contribution in [0.5, 0.6) is 5.75 Å². The van der Waals surface area contributed by atoms with Crippen molar-refractivity contribution < 1.29 is 13.9 Å². The Balaban J connectivity index is 2.68. The number of Topliss-reactive ketones (excluding diaryl/α,β-unsaturated/α-hetero) is 1. The molecule has 78 valence electrons. The van der Waals surface area contributed by atoms with E-state index >= 15 is 0 Å². The number of nitrogens with zero attached hydrogens (tertiary/aromatic N) is 1. The molecular formula is C11H10FNO2. The van der Waals surface area contributed by atoms with E-state index in [9.17, 15) is 9.18 Å². The summed E-state index contributed by atoms with van der Waals surface area (Å²) in [5.41, 5.74) is -0.0378. The highest BCUT2D eigenvalue weighted by atomic mass is 19.1. The van der Waals surface area contributed by atoms with E-state index in [1.807, 2.05) is 0 Å². The quantitative estimate of drug-likeness (QED) is 0.759. The molecule has 3 nitrogen and oxygen atoms in total. The molecule has 1 aromatic rings. The predicted molar refractivity (Wildman–Crippen MR) is 51.9 cm³/mol. The molecule has 4 heteroatoms. The molecule has 0 saturated carbocycles. The lowest BCUT2D eigenvalue weighted by molar-refractivity contribution is -0.120. The van der Waals surface area contributed by atoms with Crippen molar-refractivity contribution in [2.75, 3.05) is 6.61 Å². The zero-order valence-corrected chi connectivity index (χ0v) is 8.29. The Labute approximate surface area is 87.1 Å². The predicted octanol–water partition coefficient (Wildman–Crippen LogP) is 2.06. The van der Waals surface area contributed by atoms with E-state index in [1.54, 1.807) is 13.0 Å². The summed E-state index contributed by atoms with van der Waals surface area (Å²) in [7, 11) is 0. The molecule has 0 heterocycles. The molecule has 1 rings (SSSR count). The maximum absolute atomic E-state index is 13.1. The Hall–Kier alpha value is -1.89. The van der Waals surface area contributed by atoms with Gasteiger partial charge in [0, 0.05) is 12.5 Å². The summed E-state index contributed by atoms with van der Waals surface area (Å²) in [6, 6.07) is 5.58. The van der Waals surface area contributed by atoms with E-state index < -0.39 is 5.82 Å². The summed E-state index contributed by atoms with van der Waals surface area (Å²) in [6.07, 6.45) is 0.388. The van der Waals surface area contributed by atoms with Crippen molar-refractivity contribution in [2.45, 2.75) is 13.3 Å². The van der Waals surface area contributed by atoms with Crippen LogP contribution < -0.4 is 4.74 Å². The van der Waals surface area contributed by atoms with Crippen LogP contribution in [-0.2, 0) is 4.79 Å². The van der Waals surface area contributed by atoms with Gasteiger partial charge in [-0.3, -0.25) is 4.79 Å². The summed E-state index contributed by atoms with van der Waals surface area (Å²) >= 11 is 0. The normalized spacial score (nSPS) is 9.40. The standard InChI is InChI=1S/C11H10FNO2/c1-2-9(14)7-15-10-4-3-8(6-13)11(12)5-10/h3-5H,2,7H2,1H3. The topological polar surface area (TPSA) is 50.1 Å². The average molecular weight is 207 g/mol. The zero-order chi connectivity index (χ0) is 11.3. The van der Waals surface area contributed by atoms with Gasteiger partial charge in [0.15, 0.2) is 5.78 Å². The Bertz CT molecular complexity index is 410. The van der Waals surface area contributed by atoms with E-state index in [-0.39, 0.29) is 23.7 Å². The highest BCUT2D eigenvalue weighted by Gasteiger charge is 2.04. The van der Waals surface area contributed by atoms with E-state index in [4.69, 9.17) is 10.00 Å². The SMILES string of the molecule is CCC(=O)COc1ccc(C#N)c(F)c1. The minimum Gasteiger partial charge on any atom is -0.486 e. The fraction of sp³-hybridized carbons (Fsp3) is 0.273. The Kier molecular flexibility index (Phi) is 3.81. The molecule has 0 bridgehead atoms. The van der Waals surface area contributed by atoms with Crippen LogP contribution in [0.4, 0.5) is 4.39 Å². The lowest BCUT2D eigenvalue weighted by atomic mass is 10.2. The molecule has 0 spiro atoms. The van der Waals surface area contributed by atoms with Gasteiger partial charge < -0.3 is 4.74 Å². The minimum atomic E-state index is -0.640. The first kappa shape index (κ1) is 11.2. The third kappa shape index (κ3) is 3.06. The molecule has 0 aliphatic heterocycles. The van der Waals surface area contributed by atoms with Crippen molar-refractivity contribution in [3.05, 3.63) is 29.6 Å². The number of carbonyl (C=O) groups is 1. The van der Waals surface area contributed by atoms with Gasteiger partial charge in [0.2, 0.25) is 0 Å². The van der Waals surface area contributed by atoms with E-state index in [2.05, 4.69) is 0 Å². The number of hydrogen-bond donors (Lipinski definition) is 0. The average Bonchev–Trinajstić information content (AvgIpc) is 2.26. The minimum absolute atomic E-state index is 0.0378. The fourth-order valence-electron chi connectivity index (χ4n) is 0.942. The van der Waals surface area contributed by atoms with Crippen LogP contribution in [0.3, 0.4) is 0 Å². The van der Waals surface area contributed by atoms with Gasteiger partial charge in [-0.25, -0.2) is 4.39 Å². The van der Waals surface area contributed by atoms with Crippen LogP contribution in [0.25, 0.3) is 0 Å². The number of ether oxygens (including phenoxy) is 1. The van der Waals surface area contributed by atoms with Crippen LogP contribution in [0, 0.1) is 17.1 Å². The summed E-state index contributed by atoms with van der Waals surface area (Å²) in [4.78, 5) is 10.9. The number of rotatable bonds is 4. The molecule has 0 N–H and O–H groups in total.